The summed E-state index contributed by atoms with van der Waals surface area (Å²) in [5.74, 6) is 0. The molecule has 1 saturated carbocycles. The van der Waals surface area contributed by atoms with Crippen molar-refractivity contribution in [3.8, 4) is 55.6 Å². The molecule has 0 bridgehead atoms. The minimum Gasteiger partial charge on any atom is -0.310 e. The highest BCUT2D eigenvalue weighted by molar-refractivity contribution is 5.94. The lowest BCUT2D eigenvalue weighted by molar-refractivity contribution is 0.265. The van der Waals surface area contributed by atoms with Crippen LogP contribution in [0.5, 0.6) is 0 Å². The summed E-state index contributed by atoms with van der Waals surface area (Å²) in [5, 5.41) is 2.57. The molecule has 0 amide bonds. The molecule has 68 heavy (non-hydrogen) atoms. The minimum absolute atomic E-state index is 0.0607. The number of benzene rings is 10. The van der Waals surface area contributed by atoms with Gasteiger partial charge in [-0.05, 0) is 162 Å². The molecule has 0 heterocycles. The molecular formula is C67H51N. The highest BCUT2D eigenvalue weighted by Crippen LogP contribution is 2.64. The van der Waals surface area contributed by atoms with E-state index in [9.17, 15) is 0 Å². The fourth-order valence-corrected chi connectivity index (χ4v) is 13.6. The molecule has 1 heteroatoms. The van der Waals surface area contributed by atoms with Gasteiger partial charge in [0.2, 0.25) is 0 Å². The van der Waals surface area contributed by atoms with Crippen LogP contribution in [-0.2, 0) is 16.2 Å². The topological polar surface area (TPSA) is 3.24 Å². The lowest BCUT2D eigenvalue weighted by Crippen LogP contribution is -2.39. The van der Waals surface area contributed by atoms with Gasteiger partial charge in [-0.1, -0.05) is 196 Å². The summed E-state index contributed by atoms with van der Waals surface area (Å²) in [6.45, 7) is 4.78. The van der Waals surface area contributed by atoms with Crippen molar-refractivity contribution in [3.05, 3.63) is 258 Å². The molecule has 0 radical (unpaired) electrons. The molecule has 324 valence electrons. The molecule has 0 atom stereocenters. The van der Waals surface area contributed by atoms with Gasteiger partial charge in [-0.25, -0.2) is 0 Å². The van der Waals surface area contributed by atoms with Crippen LogP contribution in [0.15, 0.2) is 224 Å². The highest BCUT2D eigenvalue weighted by atomic mass is 15.1. The van der Waals surface area contributed by atoms with Crippen LogP contribution >= 0.6 is 0 Å². The monoisotopic (exact) mass is 869 g/mol. The third kappa shape index (κ3) is 5.57. The second-order valence-electron chi connectivity index (χ2n) is 20.4. The Labute approximate surface area is 400 Å². The van der Waals surface area contributed by atoms with E-state index in [4.69, 9.17) is 0 Å². The Kier molecular flexibility index (Phi) is 8.48. The molecule has 0 N–H and O–H groups in total. The molecule has 1 nitrogen and oxygen atoms in total. The number of rotatable bonds is 5. The second kappa shape index (κ2) is 14.6. The van der Waals surface area contributed by atoms with Crippen LogP contribution in [0.2, 0.25) is 0 Å². The molecule has 4 aliphatic rings. The van der Waals surface area contributed by atoms with E-state index in [0.717, 1.165) is 25.7 Å². The first-order valence-corrected chi connectivity index (χ1v) is 24.6. The van der Waals surface area contributed by atoms with Crippen molar-refractivity contribution in [3.63, 3.8) is 0 Å². The molecule has 10 aromatic carbocycles. The smallest absolute Gasteiger partial charge is 0.0540 e. The van der Waals surface area contributed by atoms with E-state index in [0.29, 0.717) is 0 Å². The van der Waals surface area contributed by atoms with Crippen molar-refractivity contribution >= 4 is 27.8 Å². The first kappa shape index (κ1) is 39.4. The van der Waals surface area contributed by atoms with Crippen LogP contribution in [0.25, 0.3) is 66.4 Å². The molecule has 0 unspecified atom stereocenters. The molecule has 14 rings (SSSR count). The van der Waals surface area contributed by atoms with Crippen molar-refractivity contribution in [1.82, 2.24) is 0 Å². The molecule has 10 aromatic rings. The van der Waals surface area contributed by atoms with Crippen molar-refractivity contribution in [2.75, 3.05) is 4.90 Å². The van der Waals surface area contributed by atoms with Gasteiger partial charge in [0.1, 0.15) is 0 Å². The fraction of sp³-hybridized carbons (Fsp3) is 0.134. The fourth-order valence-electron chi connectivity index (χ4n) is 13.6. The summed E-state index contributed by atoms with van der Waals surface area (Å²) >= 11 is 0. The Balaban J connectivity index is 0.915. The average Bonchev–Trinajstić information content (AvgIpc) is 3.92. The first-order chi connectivity index (χ1) is 33.4. The van der Waals surface area contributed by atoms with Crippen LogP contribution in [0, 0.1) is 0 Å². The Morgan fingerprint density at radius 1 is 0.294 bits per heavy atom. The summed E-state index contributed by atoms with van der Waals surface area (Å²) in [7, 11) is 0. The maximum absolute atomic E-state index is 2.59. The molecule has 4 aliphatic carbocycles. The summed E-state index contributed by atoms with van der Waals surface area (Å²) < 4.78 is 0. The molecule has 0 aliphatic heterocycles. The summed E-state index contributed by atoms with van der Waals surface area (Å²) in [5.41, 5.74) is 25.3. The van der Waals surface area contributed by atoms with Crippen molar-refractivity contribution in [2.24, 2.45) is 0 Å². The lowest BCUT2D eigenvalue weighted by Gasteiger charge is -2.46. The zero-order valence-electron chi connectivity index (χ0n) is 38.6. The number of nitrogens with zero attached hydrogens (tertiary/aromatic N) is 1. The third-order valence-electron chi connectivity index (χ3n) is 16.9. The summed E-state index contributed by atoms with van der Waals surface area (Å²) in [6, 6.07) is 85.2. The van der Waals surface area contributed by atoms with Crippen molar-refractivity contribution < 1.29 is 0 Å². The van der Waals surface area contributed by atoms with E-state index in [-0.39, 0.29) is 16.2 Å². The Morgan fingerprint density at radius 3 is 1.40 bits per heavy atom. The average molecular weight is 870 g/mol. The number of anilines is 3. The third-order valence-corrected chi connectivity index (χ3v) is 16.9. The predicted octanol–water partition coefficient (Wildman–Crippen LogP) is 17.8. The van der Waals surface area contributed by atoms with Crippen LogP contribution in [-0.4, -0.2) is 0 Å². The second-order valence-corrected chi connectivity index (χ2v) is 20.4. The van der Waals surface area contributed by atoms with E-state index < -0.39 is 0 Å². The van der Waals surface area contributed by atoms with Gasteiger partial charge < -0.3 is 4.90 Å². The number of para-hydroxylation sites is 1. The minimum atomic E-state index is -0.123. The summed E-state index contributed by atoms with van der Waals surface area (Å²) in [4.78, 5) is 2.56. The first-order valence-electron chi connectivity index (χ1n) is 24.6. The molecular weight excluding hydrogens is 819 g/mol. The predicted molar refractivity (Wildman–Crippen MR) is 284 cm³/mol. The van der Waals surface area contributed by atoms with Gasteiger partial charge in [0.05, 0.1) is 5.69 Å². The maximum atomic E-state index is 2.59. The van der Waals surface area contributed by atoms with Crippen LogP contribution in [0.3, 0.4) is 0 Å². The molecule has 1 fully saturated rings. The SMILES string of the molecule is CC1(C)c2ccccc2-c2ccc(N(c3ccc4c(c3)C3(CCC5(CC3)c3ccccc3-c3ccc(-c6ccc7ccccc7c6)cc35)c3ccccc3-4)c3ccccc3-c3ccccc3)cc21. The van der Waals surface area contributed by atoms with Crippen LogP contribution in [0.1, 0.15) is 72.9 Å². The maximum Gasteiger partial charge on any atom is 0.0540 e. The van der Waals surface area contributed by atoms with E-state index in [1.807, 2.05) is 0 Å². The van der Waals surface area contributed by atoms with Gasteiger partial charge in [-0.3, -0.25) is 0 Å². The van der Waals surface area contributed by atoms with Gasteiger partial charge in [0, 0.05) is 33.2 Å². The number of fused-ring (bicyclic) bond motifs is 14. The Bertz CT molecular complexity index is 3680. The Morgan fingerprint density at radius 2 is 0.735 bits per heavy atom. The highest BCUT2D eigenvalue weighted by Gasteiger charge is 2.53. The zero-order valence-corrected chi connectivity index (χ0v) is 38.6. The lowest BCUT2D eigenvalue weighted by atomic mass is 9.57. The quantitative estimate of drug-likeness (QED) is 0.167. The van der Waals surface area contributed by atoms with Crippen molar-refractivity contribution in [2.45, 2.75) is 55.8 Å². The summed E-state index contributed by atoms with van der Waals surface area (Å²) in [6.07, 6.45) is 4.30. The van der Waals surface area contributed by atoms with E-state index >= 15 is 0 Å². The van der Waals surface area contributed by atoms with Crippen LogP contribution in [0.4, 0.5) is 17.1 Å². The van der Waals surface area contributed by atoms with Gasteiger partial charge in [0.15, 0.2) is 0 Å². The van der Waals surface area contributed by atoms with Gasteiger partial charge >= 0.3 is 0 Å². The Hall–Kier alpha value is -7.74. The number of hydrogen-bond acceptors (Lipinski definition) is 1. The van der Waals surface area contributed by atoms with Gasteiger partial charge in [0.25, 0.3) is 0 Å². The molecule has 0 aromatic heterocycles. The standard InChI is InChI=1S/C67H51N/c1-65(2)58-24-12-8-21-52(58)55-34-31-49(42-61(55)65)68(64-27-15-11-20-51(64)45-17-4-3-5-18-45)50-32-35-57-54-23-10-14-26-60(54)67(63(57)43-50)38-36-66(37-39-67)59-25-13-9-22-53(59)56-33-30-48(41-62(56)66)47-29-28-44-16-6-7-19-46(44)40-47/h3-35,40-43H,36-39H2,1-2H3. The molecule has 0 saturated heterocycles. The molecule has 2 spiro atoms. The normalized spacial score (nSPS) is 18.7. The van der Waals surface area contributed by atoms with Crippen LogP contribution < -0.4 is 4.90 Å². The van der Waals surface area contributed by atoms with Gasteiger partial charge in [-0.2, -0.15) is 0 Å². The zero-order chi connectivity index (χ0) is 45.2. The van der Waals surface area contributed by atoms with Gasteiger partial charge in [-0.15, -0.1) is 0 Å². The van der Waals surface area contributed by atoms with Crippen molar-refractivity contribution in [1.29, 1.82) is 0 Å². The van der Waals surface area contributed by atoms with E-state index in [1.54, 1.807) is 0 Å². The largest absolute Gasteiger partial charge is 0.310 e. The van der Waals surface area contributed by atoms with E-state index in [1.165, 1.54) is 117 Å². The number of hydrogen-bond donors (Lipinski definition) is 0. The van der Waals surface area contributed by atoms with E-state index in [2.05, 4.69) is 243 Å².